The van der Waals surface area contributed by atoms with E-state index in [1.807, 2.05) is 27.7 Å². The number of amides is 1. The van der Waals surface area contributed by atoms with E-state index < -0.39 is 5.54 Å². The Hall–Kier alpha value is -1.05. The molecule has 9 heteroatoms. The summed E-state index contributed by atoms with van der Waals surface area (Å²) in [4.78, 5) is 17.7. The molecule has 3 N–H and O–H groups in total. The van der Waals surface area contributed by atoms with Crippen LogP contribution in [-0.2, 0) is 6.61 Å². The van der Waals surface area contributed by atoms with E-state index in [9.17, 15) is 4.79 Å². The molecule has 1 unspecified atom stereocenters. The van der Waals surface area contributed by atoms with Gasteiger partial charge < -0.3 is 15.8 Å². The van der Waals surface area contributed by atoms with Crippen molar-refractivity contribution in [3.63, 3.8) is 0 Å². The van der Waals surface area contributed by atoms with Crippen LogP contribution in [0, 0.1) is 12.8 Å². The van der Waals surface area contributed by atoms with E-state index in [2.05, 4.69) is 10.3 Å². The predicted molar refractivity (Wildman–Crippen MR) is 117 cm³/mol. The highest BCUT2D eigenvalue weighted by Gasteiger charge is 2.30. The van der Waals surface area contributed by atoms with Gasteiger partial charge in [0.15, 0.2) is 0 Å². The van der Waals surface area contributed by atoms with E-state index >= 15 is 0 Å². The molecule has 0 fully saturated rings. The van der Waals surface area contributed by atoms with Crippen LogP contribution in [0.3, 0.4) is 0 Å². The van der Waals surface area contributed by atoms with Crippen molar-refractivity contribution in [3.05, 3.63) is 44.9 Å². The van der Waals surface area contributed by atoms with Gasteiger partial charge in [-0.15, -0.1) is 36.2 Å². The smallest absolute Gasteiger partial charge is 0.263 e. The average Bonchev–Trinajstić information content (AvgIpc) is 2.95. The number of nitrogens with zero attached hydrogens (tertiary/aromatic N) is 1. The molecule has 27 heavy (non-hydrogen) atoms. The fraction of sp³-hybridized carbons (Fsp3) is 0.444. The van der Waals surface area contributed by atoms with Crippen molar-refractivity contribution in [3.8, 4) is 5.75 Å². The van der Waals surface area contributed by atoms with Gasteiger partial charge in [-0.1, -0.05) is 25.4 Å². The summed E-state index contributed by atoms with van der Waals surface area (Å²) in [7, 11) is 0. The van der Waals surface area contributed by atoms with E-state index in [1.165, 1.54) is 11.3 Å². The van der Waals surface area contributed by atoms with Gasteiger partial charge in [0, 0.05) is 11.6 Å². The summed E-state index contributed by atoms with van der Waals surface area (Å²) < 4.78 is 5.69. The molecule has 0 spiro atoms. The second kappa shape index (κ2) is 11.1. The maximum Gasteiger partial charge on any atom is 0.263 e. The average molecular weight is 455 g/mol. The Balaban J connectivity index is 0.00000338. The minimum Gasteiger partial charge on any atom is -0.486 e. The molecule has 2 rings (SSSR count). The standard InChI is InChI=1S/C18H24ClN3O2S.2ClH/c1-11(2)18(4,10-20)22-17(23)16-12(3)21-15(25-16)9-24-14-7-5-13(19)6-8-14;;/h5-8,11H,9-10,20H2,1-4H3,(H,22,23);2*1H. The van der Waals surface area contributed by atoms with Crippen LogP contribution in [0.15, 0.2) is 24.3 Å². The number of thiazole rings is 1. The van der Waals surface area contributed by atoms with Crippen molar-refractivity contribution in [2.45, 2.75) is 39.8 Å². The molecule has 0 radical (unpaired) electrons. The molecule has 0 bridgehead atoms. The largest absolute Gasteiger partial charge is 0.486 e. The number of carbonyl (C=O) groups is 1. The van der Waals surface area contributed by atoms with Gasteiger partial charge in [-0.2, -0.15) is 0 Å². The molecule has 0 saturated heterocycles. The number of nitrogens with two attached hydrogens (primary N) is 1. The van der Waals surface area contributed by atoms with E-state index in [0.717, 1.165) is 5.01 Å². The molecule has 0 aliphatic rings. The first-order chi connectivity index (χ1) is 11.7. The number of hydrogen-bond donors (Lipinski definition) is 2. The third-order valence-corrected chi connectivity index (χ3v) is 5.70. The summed E-state index contributed by atoms with van der Waals surface area (Å²) >= 11 is 7.19. The summed E-state index contributed by atoms with van der Waals surface area (Å²) in [6.45, 7) is 8.54. The fourth-order valence-electron chi connectivity index (χ4n) is 2.15. The minimum absolute atomic E-state index is 0. The Morgan fingerprint density at radius 2 is 1.93 bits per heavy atom. The molecule has 152 valence electrons. The van der Waals surface area contributed by atoms with Crippen LogP contribution in [0.25, 0.3) is 0 Å². The van der Waals surface area contributed by atoms with Gasteiger partial charge in [-0.25, -0.2) is 4.98 Å². The van der Waals surface area contributed by atoms with Gasteiger partial charge in [0.2, 0.25) is 0 Å². The predicted octanol–water partition coefficient (Wildman–Crippen LogP) is 4.63. The number of benzene rings is 1. The summed E-state index contributed by atoms with van der Waals surface area (Å²) in [6, 6.07) is 7.13. The van der Waals surface area contributed by atoms with Crippen molar-refractivity contribution in [2.24, 2.45) is 11.7 Å². The fourth-order valence-corrected chi connectivity index (χ4v) is 3.15. The zero-order valence-electron chi connectivity index (χ0n) is 15.7. The lowest BCUT2D eigenvalue weighted by Crippen LogP contribution is -2.54. The summed E-state index contributed by atoms with van der Waals surface area (Å²) in [5.41, 5.74) is 6.09. The van der Waals surface area contributed by atoms with Crippen molar-refractivity contribution < 1.29 is 9.53 Å². The second-order valence-electron chi connectivity index (χ2n) is 6.50. The number of hydrogen-bond acceptors (Lipinski definition) is 5. The summed E-state index contributed by atoms with van der Waals surface area (Å²) in [6.07, 6.45) is 0. The number of halogens is 3. The molecular weight excluding hydrogens is 429 g/mol. The molecule has 2 aromatic rings. The molecule has 0 saturated carbocycles. The van der Waals surface area contributed by atoms with Crippen molar-refractivity contribution in [1.29, 1.82) is 0 Å². The Labute approximate surface area is 181 Å². The van der Waals surface area contributed by atoms with Gasteiger partial charge >= 0.3 is 0 Å². The Morgan fingerprint density at radius 3 is 2.44 bits per heavy atom. The highest BCUT2D eigenvalue weighted by molar-refractivity contribution is 7.13. The molecule has 1 aromatic heterocycles. The quantitative estimate of drug-likeness (QED) is 0.639. The Kier molecular flexibility index (Phi) is 10.6. The first kappa shape index (κ1) is 26.0. The highest BCUT2D eigenvalue weighted by atomic mass is 35.5. The first-order valence-corrected chi connectivity index (χ1v) is 9.32. The lowest BCUT2D eigenvalue weighted by atomic mass is 9.88. The lowest BCUT2D eigenvalue weighted by Gasteiger charge is -2.33. The number of aromatic nitrogens is 1. The van der Waals surface area contributed by atoms with E-state index in [-0.39, 0.29) is 36.6 Å². The van der Waals surface area contributed by atoms with E-state index in [0.29, 0.717) is 34.5 Å². The molecule has 0 aliphatic carbocycles. The summed E-state index contributed by atoms with van der Waals surface area (Å²) in [5.74, 6) is 0.788. The molecule has 1 atom stereocenters. The molecule has 1 aromatic carbocycles. The van der Waals surface area contributed by atoms with Gasteiger partial charge in [0.05, 0.1) is 11.2 Å². The highest BCUT2D eigenvalue weighted by Crippen LogP contribution is 2.23. The van der Waals surface area contributed by atoms with E-state index in [4.69, 9.17) is 22.1 Å². The third-order valence-electron chi connectivity index (χ3n) is 4.32. The first-order valence-electron chi connectivity index (χ1n) is 8.12. The second-order valence-corrected chi connectivity index (χ2v) is 8.02. The molecule has 0 aliphatic heterocycles. The molecule has 5 nitrogen and oxygen atoms in total. The molecular formula is C18H26Cl3N3O2S. The summed E-state index contributed by atoms with van der Waals surface area (Å²) in [5, 5.41) is 4.45. The Morgan fingerprint density at radius 1 is 1.33 bits per heavy atom. The molecule has 1 heterocycles. The maximum absolute atomic E-state index is 12.6. The number of nitrogens with one attached hydrogen (secondary N) is 1. The van der Waals surface area contributed by atoms with Crippen LogP contribution in [0.1, 0.15) is 41.1 Å². The van der Waals surface area contributed by atoms with Gasteiger partial charge in [-0.05, 0) is 44.0 Å². The van der Waals surface area contributed by atoms with Crippen molar-refractivity contribution >= 4 is 53.7 Å². The van der Waals surface area contributed by atoms with Gasteiger partial charge in [-0.3, -0.25) is 4.79 Å². The normalized spacial score (nSPS) is 12.6. The number of ether oxygens (including phenoxy) is 1. The van der Waals surface area contributed by atoms with Crippen LogP contribution < -0.4 is 15.8 Å². The molecule has 1 amide bonds. The van der Waals surface area contributed by atoms with Gasteiger partial charge in [0.25, 0.3) is 5.91 Å². The third kappa shape index (κ3) is 6.80. The van der Waals surface area contributed by atoms with Crippen LogP contribution in [-0.4, -0.2) is 23.0 Å². The van der Waals surface area contributed by atoms with Crippen LogP contribution in [0.5, 0.6) is 5.75 Å². The topological polar surface area (TPSA) is 77.2 Å². The van der Waals surface area contributed by atoms with Gasteiger partial charge in [0.1, 0.15) is 22.2 Å². The zero-order valence-corrected chi connectivity index (χ0v) is 19.0. The lowest BCUT2D eigenvalue weighted by molar-refractivity contribution is 0.0886. The maximum atomic E-state index is 12.6. The SMILES string of the molecule is Cc1nc(COc2ccc(Cl)cc2)sc1C(=O)NC(C)(CN)C(C)C.Cl.Cl. The van der Waals surface area contributed by atoms with Crippen LogP contribution in [0.4, 0.5) is 0 Å². The monoisotopic (exact) mass is 453 g/mol. The minimum atomic E-state index is -0.451. The number of carbonyl (C=O) groups excluding carboxylic acids is 1. The number of rotatable bonds is 7. The Bertz CT molecular complexity index is 738. The zero-order chi connectivity index (χ0) is 18.6. The van der Waals surface area contributed by atoms with E-state index in [1.54, 1.807) is 24.3 Å². The van der Waals surface area contributed by atoms with Crippen molar-refractivity contribution in [2.75, 3.05) is 6.54 Å². The van der Waals surface area contributed by atoms with Crippen LogP contribution >= 0.6 is 47.8 Å². The van der Waals surface area contributed by atoms with Crippen LogP contribution in [0.2, 0.25) is 5.02 Å². The number of aryl methyl sites for hydroxylation is 1. The van der Waals surface area contributed by atoms with Crippen molar-refractivity contribution in [1.82, 2.24) is 10.3 Å².